The van der Waals surface area contributed by atoms with Crippen molar-refractivity contribution in [2.75, 3.05) is 79.0 Å². The summed E-state index contributed by atoms with van der Waals surface area (Å²) in [5.41, 5.74) is 0. The molecule has 3 unspecified atom stereocenters. The van der Waals surface area contributed by atoms with Crippen LogP contribution in [0, 0.1) is 0 Å². The fourth-order valence-corrected chi connectivity index (χ4v) is 4.83. The first-order valence-corrected chi connectivity index (χ1v) is 15.5. The second-order valence-electron chi connectivity index (χ2n) is 10.7. The summed E-state index contributed by atoms with van der Waals surface area (Å²) in [6.45, 7) is 19.6. The molecule has 0 amide bonds. The van der Waals surface area contributed by atoms with Crippen molar-refractivity contribution in [3.05, 3.63) is 12.7 Å². The Kier molecular flexibility index (Phi) is 26.4. The average molecular weight is 561 g/mol. The highest BCUT2D eigenvalue weighted by atomic mass is 16.6. The topological polar surface area (TPSA) is 83.5 Å². The zero-order valence-electron chi connectivity index (χ0n) is 25.8. The normalized spacial score (nSPS) is 14.7. The van der Waals surface area contributed by atoms with Crippen LogP contribution in [0.1, 0.15) is 91.9 Å². The molecule has 0 saturated carbocycles. The predicted octanol–water partition coefficient (Wildman–Crippen LogP) is 5.87. The van der Waals surface area contributed by atoms with Crippen LogP contribution in [-0.2, 0) is 28.5 Å². The molecule has 0 radical (unpaired) electrons. The van der Waals surface area contributed by atoms with Crippen molar-refractivity contribution >= 4 is 5.97 Å². The summed E-state index contributed by atoms with van der Waals surface area (Å²) in [6, 6.07) is 0. The summed E-state index contributed by atoms with van der Waals surface area (Å²) in [6.07, 6.45) is 15.2. The molecule has 0 saturated heterocycles. The molecule has 0 aromatic heterocycles. The number of carboxylic acids is 1. The van der Waals surface area contributed by atoms with E-state index in [1.165, 1.54) is 64.2 Å². The highest BCUT2D eigenvalue weighted by Gasteiger charge is 2.28. The van der Waals surface area contributed by atoms with Crippen LogP contribution in [0.3, 0.4) is 0 Å². The Labute approximate surface area is 239 Å². The number of quaternary nitrogens is 1. The summed E-state index contributed by atoms with van der Waals surface area (Å²) in [5.74, 6) is -0.963. The first-order chi connectivity index (χ1) is 18.9. The van der Waals surface area contributed by atoms with Crippen molar-refractivity contribution in [3.8, 4) is 0 Å². The van der Waals surface area contributed by atoms with Crippen LogP contribution in [0.15, 0.2) is 12.7 Å². The SMILES string of the molecule is C=CC[N+](CCCCCCCCCCCC)(CCOCC(C)OCCOCC)CC(C)OCCOCC(=O)O. The third-order valence-corrected chi connectivity index (χ3v) is 6.90. The van der Waals surface area contributed by atoms with E-state index in [-0.39, 0.29) is 25.4 Å². The minimum atomic E-state index is -0.963. The van der Waals surface area contributed by atoms with Crippen molar-refractivity contribution in [2.24, 2.45) is 0 Å². The van der Waals surface area contributed by atoms with Crippen LogP contribution in [-0.4, -0.2) is 107 Å². The third-order valence-electron chi connectivity index (χ3n) is 6.90. The lowest BCUT2D eigenvalue weighted by Crippen LogP contribution is -2.54. The second-order valence-corrected chi connectivity index (χ2v) is 10.7. The number of unbranched alkanes of at least 4 members (excludes halogenated alkanes) is 9. The minimum absolute atomic E-state index is 0.0160. The predicted molar refractivity (Wildman–Crippen MR) is 158 cm³/mol. The molecule has 0 aliphatic carbocycles. The van der Waals surface area contributed by atoms with Gasteiger partial charge in [-0.25, -0.2) is 4.79 Å². The van der Waals surface area contributed by atoms with Gasteiger partial charge in [0.1, 0.15) is 25.8 Å². The van der Waals surface area contributed by atoms with Gasteiger partial charge < -0.3 is 33.3 Å². The van der Waals surface area contributed by atoms with E-state index < -0.39 is 5.97 Å². The summed E-state index contributed by atoms with van der Waals surface area (Å²) >= 11 is 0. The molecule has 0 fully saturated rings. The number of hydrogen-bond acceptors (Lipinski definition) is 6. The van der Waals surface area contributed by atoms with Gasteiger partial charge in [0.2, 0.25) is 0 Å². The standard InChI is InChI=1S/C31H61NO7/c1-6-9-10-11-12-13-14-15-16-17-19-32(18-7-2,26-29(4)38-25-23-37-28-31(33)34)20-21-36-27-30(5)39-24-22-35-8-3/h7,29-30H,2,6,8-28H2,1,3-5H3/p+1. The number of nitrogens with zero attached hydrogens (tertiary/aromatic N) is 1. The van der Waals surface area contributed by atoms with E-state index in [2.05, 4.69) is 20.4 Å². The highest BCUT2D eigenvalue weighted by Crippen LogP contribution is 2.16. The number of ether oxygens (including phenoxy) is 5. The molecule has 39 heavy (non-hydrogen) atoms. The average Bonchev–Trinajstić information content (AvgIpc) is 2.90. The van der Waals surface area contributed by atoms with Crippen LogP contribution in [0.5, 0.6) is 0 Å². The van der Waals surface area contributed by atoms with Gasteiger partial charge >= 0.3 is 5.97 Å². The first kappa shape index (κ1) is 38.0. The van der Waals surface area contributed by atoms with E-state index >= 15 is 0 Å². The van der Waals surface area contributed by atoms with E-state index in [1.807, 2.05) is 19.9 Å². The Balaban J connectivity index is 4.69. The maximum Gasteiger partial charge on any atom is 0.329 e. The third kappa shape index (κ3) is 24.5. The van der Waals surface area contributed by atoms with Crippen LogP contribution in [0.2, 0.25) is 0 Å². The van der Waals surface area contributed by atoms with Gasteiger partial charge in [-0.3, -0.25) is 0 Å². The van der Waals surface area contributed by atoms with Crippen molar-refractivity contribution in [2.45, 2.75) is 104 Å². The van der Waals surface area contributed by atoms with Crippen molar-refractivity contribution < 1.29 is 38.1 Å². The molecule has 232 valence electrons. The molecule has 0 heterocycles. The molecule has 0 aliphatic heterocycles. The minimum Gasteiger partial charge on any atom is -0.480 e. The molecule has 0 aliphatic rings. The van der Waals surface area contributed by atoms with E-state index in [4.69, 9.17) is 28.8 Å². The van der Waals surface area contributed by atoms with E-state index in [9.17, 15) is 4.79 Å². The lowest BCUT2D eigenvalue weighted by atomic mass is 10.1. The first-order valence-electron chi connectivity index (χ1n) is 15.5. The quantitative estimate of drug-likeness (QED) is 0.0644. The fourth-order valence-electron chi connectivity index (χ4n) is 4.83. The number of carbonyl (C=O) groups is 1. The summed E-state index contributed by atoms with van der Waals surface area (Å²) in [5, 5.41) is 8.73. The molecular weight excluding hydrogens is 498 g/mol. The van der Waals surface area contributed by atoms with E-state index in [0.717, 1.165) is 30.7 Å². The number of hydrogen-bond donors (Lipinski definition) is 1. The highest BCUT2D eigenvalue weighted by molar-refractivity contribution is 5.67. The van der Waals surface area contributed by atoms with Gasteiger partial charge in [-0.2, -0.15) is 0 Å². The Morgan fingerprint density at radius 2 is 1.36 bits per heavy atom. The summed E-state index contributed by atoms with van der Waals surface area (Å²) < 4.78 is 29.1. The lowest BCUT2D eigenvalue weighted by molar-refractivity contribution is -0.926. The zero-order valence-corrected chi connectivity index (χ0v) is 25.8. The summed E-state index contributed by atoms with van der Waals surface area (Å²) in [7, 11) is 0. The maximum absolute atomic E-state index is 10.6. The molecule has 8 nitrogen and oxygen atoms in total. The van der Waals surface area contributed by atoms with Crippen LogP contribution in [0.4, 0.5) is 0 Å². The smallest absolute Gasteiger partial charge is 0.329 e. The molecule has 0 bridgehead atoms. The Hall–Kier alpha value is -1.03. The van der Waals surface area contributed by atoms with Crippen LogP contribution in [0.25, 0.3) is 0 Å². The van der Waals surface area contributed by atoms with Crippen LogP contribution >= 0.6 is 0 Å². The van der Waals surface area contributed by atoms with E-state index in [0.29, 0.717) is 39.6 Å². The molecule has 3 atom stereocenters. The van der Waals surface area contributed by atoms with Gasteiger partial charge in [0.05, 0.1) is 58.8 Å². The molecule has 0 aromatic rings. The van der Waals surface area contributed by atoms with Gasteiger partial charge in [-0.1, -0.05) is 64.9 Å². The second kappa shape index (κ2) is 27.2. The molecule has 0 spiro atoms. The number of aliphatic carboxylic acids is 1. The monoisotopic (exact) mass is 560 g/mol. The Morgan fingerprint density at radius 3 is 1.95 bits per heavy atom. The van der Waals surface area contributed by atoms with Crippen molar-refractivity contribution in [1.29, 1.82) is 0 Å². The number of rotatable bonds is 31. The van der Waals surface area contributed by atoms with Crippen molar-refractivity contribution in [1.82, 2.24) is 0 Å². The molecule has 0 aromatic carbocycles. The van der Waals surface area contributed by atoms with Gasteiger partial charge in [0, 0.05) is 6.61 Å². The lowest BCUT2D eigenvalue weighted by Gasteiger charge is -2.40. The molecule has 0 rings (SSSR count). The Morgan fingerprint density at radius 1 is 0.769 bits per heavy atom. The summed E-state index contributed by atoms with van der Waals surface area (Å²) in [4.78, 5) is 10.6. The van der Waals surface area contributed by atoms with Gasteiger partial charge in [-0.15, -0.1) is 0 Å². The maximum atomic E-state index is 10.6. The molecule has 1 N–H and O–H groups in total. The molecule has 8 heteroatoms. The van der Waals surface area contributed by atoms with Crippen LogP contribution < -0.4 is 0 Å². The number of carboxylic acid groups (broad SMARTS) is 1. The fraction of sp³-hybridized carbons (Fsp3) is 0.903. The van der Waals surface area contributed by atoms with Gasteiger partial charge in [0.15, 0.2) is 0 Å². The molecular formula is C31H62NO7+. The van der Waals surface area contributed by atoms with Crippen molar-refractivity contribution in [3.63, 3.8) is 0 Å². The Bertz CT molecular complexity index is 563. The largest absolute Gasteiger partial charge is 0.480 e. The van der Waals surface area contributed by atoms with Gasteiger partial charge in [-0.05, 0) is 39.7 Å². The van der Waals surface area contributed by atoms with Gasteiger partial charge in [0.25, 0.3) is 0 Å². The zero-order chi connectivity index (χ0) is 29.0. The van der Waals surface area contributed by atoms with E-state index in [1.54, 1.807) is 0 Å².